The Bertz CT molecular complexity index is 141. The van der Waals surface area contributed by atoms with E-state index >= 15 is 0 Å². The highest BCUT2D eigenvalue weighted by atomic mass is 32.0. The van der Waals surface area contributed by atoms with Gasteiger partial charge in [-0.25, -0.2) is 0 Å². The van der Waals surface area contributed by atoms with Gasteiger partial charge in [-0.05, 0) is 25.4 Å². The van der Waals surface area contributed by atoms with Crippen LogP contribution in [0.15, 0.2) is 0 Å². The van der Waals surface area contributed by atoms with Crippen molar-refractivity contribution in [3.8, 4) is 0 Å². The molecule has 0 aromatic carbocycles. The van der Waals surface area contributed by atoms with Crippen molar-refractivity contribution in [3.05, 3.63) is 0 Å². The molecule has 2 atom stereocenters. The molecule has 0 saturated heterocycles. The standard InChI is InChI=1S/C18H40P2/c1-3-5-7-9-11-12-14-16-18-20-19-17-15-13-10-8-6-4-2/h19-20H,3-18H2,1-2H3/p+1. The van der Waals surface area contributed by atoms with Gasteiger partial charge in [-0.3, -0.25) is 0 Å². The van der Waals surface area contributed by atoms with Crippen LogP contribution in [0.1, 0.15) is 104 Å². The van der Waals surface area contributed by atoms with Gasteiger partial charge in [0.25, 0.3) is 0 Å². The lowest BCUT2D eigenvalue weighted by Gasteiger charge is -2.01. The predicted molar refractivity (Wildman–Crippen MR) is 104 cm³/mol. The molecule has 0 rings (SSSR count). The molecule has 2 unspecified atom stereocenters. The first-order valence-electron chi connectivity index (χ1n) is 9.46. The van der Waals surface area contributed by atoms with Gasteiger partial charge in [-0.1, -0.05) is 84.5 Å². The summed E-state index contributed by atoms with van der Waals surface area (Å²) in [6.45, 7) is 4.60. The molecule has 0 spiro atoms. The quantitative estimate of drug-likeness (QED) is 0.192. The highest BCUT2D eigenvalue weighted by Gasteiger charge is 1.97. The van der Waals surface area contributed by atoms with E-state index in [0.717, 1.165) is 8.27 Å². The topological polar surface area (TPSA) is 0 Å². The second kappa shape index (κ2) is 19.9. The third kappa shape index (κ3) is 18.9. The summed E-state index contributed by atoms with van der Waals surface area (Å²) in [6, 6.07) is 0. The second-order valence-electron chi connectivity index (χ2n) is 6.19. The number of hydrogen-bond donors (Lipinski definition) is 0. The molecule has 0 bridgehead atoms. The molecule has 0 radical (unpaired) electrons. The zero-order valence-electron chi connectivity index (χ0n) is 14.4. The highest BCUT2D eigenvalue weighted by Crippen LogP contribution is 2.38. The van der Waals surface area contributed by atoms with Gasteiger partial charge in [-0.2, -0.15) is 0 Å². The van der Waals surface area contributed by atoms with E-state index in [1.807, 2.05) is 0 Å². The molecule has 0 saturated carbocycles. The first-order chi connectivity index (χ1) is 9.91. The fourth-order valence-corrected chi connectivity index (χ4v) is 6.40. The normalized spacial score (nSPS) is 12.3. The summed E-state index contributed by atoms with van der Waals surface area (Å²) in [4.78, 5) is 0. The van der Waals surface area contributed by atoms with Gasteiger partial charge >= 0.3 is 0 Å². The third-order valence-electron chi connectivity index (χ3n) is 4.02. The van der Waals surface area contributed by atoms with Crippen molar-refractivity contribution in [1.29, 1.82) is 0 Å². The monoisotopic (exact) mass is 319 g/mol. The summed E-state index contributed by atoms with van der Waals surface area (Å²) in [5.74, 6) is 0. The molecule has 0 nitrogen and oxygen atoms in total. The van der Waals surface area contributed by atoms with E-state index in [4.69, 9.17) is 0 Å². The minimum Gasteiger partial charge on any atom is -0.0654 e. The Kier molecular flexibility index (Phi) is 20.7. The zero-order chi connectivity index (χ0) is 14.7. The molecule has 0 heterocycles. The lowest BCUT2D eigenvalue weighted by Crippen LogP contribution is -1.82. The Morgan fingerprint density at radius 3 is 1.55 bits per heavy atom. The highest BCUT2D eigenvalue weighted by molar-refractivity contribution is 8.11. The van der Waals surface area contributed by atoms with Crippen molar-refractivity contribution in [2.45, 2.75) is 104 Å². The van der Waals surface area contributed by atoms with E-state index in [-0.39, 0.29) is 0 Å². The van der Waals surface area contributed by atoms with Crippen LogP contribution in [0.2, 0.25) is 0 Å². The van der Waals surface area contributed by atoms with Crippen molar-refractivity contribution in [3.63, 3.8) is 0 Å². The van der Waals surface area contributed by atoms with E-state index in [9.17, 15) is 0 Å². The summed E-state index contributed by atoms with van der Waals surface area (Å²) >= 11 is 0. The fourth-order valence-electron chi connectivity index (χ4n) is 2.59. The summed E-state index contributed by atoms with van der Waals surface area (Å²) in [5.41, 5.74) is 0. The van der Waals surface area contributed by atoms with Crippen LogP contribution in [-0.4, -0.2) is 12.3 Å². The second-order valence-corrected chi connectivity index (χ2v) is 10.5. The molecule has 0 fully saturated rings. The minimum atomic E-state index is 0.817. The molecule has 0 N–H and O–H groups in total. The average Bonchev–Trinajstić information content (AvgIpc) is 2.47. The van der Waals surface area contributed by atoms with Crippen molar-refractivity contribution >= 4 is 16.5 Å². The Balaban J connectivity index is 2.89. The number of hydrogen-bond acceptors (Lipinski definition) is 0. The van der Waals surface area contributed by atoms with E-state index < -0.39 is 0 Å². The molecule has 0 aromatic heterocycles. The maximum absolute atomic E-state index is 2.30. The molecule has 0 aliphatic carbocycles. The Morgan fingerprint density at radius 1 is 0.550 bits per heavy atom. The molecule has 122 valence electrons. The molecule has 0 amide bonds. The van der Waals surface area contributed by atoms with Gasteiger partial charge < -0.3 is 0 Å². The third-order valence-corrected chi connectivity index (χ3v) is 8.25. The number of unbranched alkanes of at least 4 members (excludes halogenated alkanes) is 12. The Morgan fingerprint density at radius 2 is 1.00 bits per heavy atom. The first-order valence-corrected chi connectivity index (χ1v) is 13.3. The largest absolute Gasteiger partial charge is 0.0654 e. The Labute approximate surface area is 133 Å². The van der Waals surface area contributed by atoms with Crippen LogP contribution in [-0.2, 0) is 0 Å². The van der Waals surface area contributed by atoms with Crippen molar-refractivity contribution < 1.29 is 0 Å². The summed E-state index contributed by atoms with van der Waals surface area (Å²) < 4.78 is 0. The molecule has 20 heavy (non-hydrogen) atoms. The van der Waals surface area contributed by atoms with Gasteiger partial charge in [-0.15, -0.1) is 0 Å². The van der Waals surface area contributed by atoms with Crippen LogP contribution in [0, 0.1) is 0 Å². The lowest BCUT2D eigenvalue weighted by atomic mass is 10.1. The van der Waals surface area contributed by atoms with Crippen LogP contribution in [0.5, 0.6) is 0 Å². The van der Waals surface area contributed by atoms with Crippen LogP contribution < -0.4 is 0 Å². The smallest absolute Gasteiger partial charge is 0.0569 e. The van der Waals surface area contributed by atoms with Crippen molar-refractivity contribution in [2.75, 3.05) is 12.3 Å². The molecule has 0 aliphatic rings. The van der Waals surface area contributed by atoms with Crippen LogP contribution in [0.3, 0.4) is 0 Å². The molecule has 0 aliphatic heterocycles. The van der Waals surface area contributed by atoms with Crippen LogP contribution >= 0.6 is 16.5 Å². The maximum atomic E-state index is 2.30. The van der Waals surface area contributed by atoms with Crippen LogP contribution in [0.4, 0.5) is 0 Å². The van der Waals surface area contributed by atoms with Gasteiger partial charge in [0.05, 0.1) is 6.16 Å². The average molecular weight is 319 g/mol. The van der Waals surface area contributed by atoms with Crippen LogP contribution in [0.25, 0.3) is 0 Å². The summed E-state index contributed by atoms with van der Waals surface area (Å²) in [7, 11) is 2.16. The number of rotatable bonds is 17. The SMILES string of the molecule is CCCCCCCCCCP[PH2+]CCCCCCCC. The molecular formula is C18H41P2+. The fraction of sp³-hybridized carbons (Fsp3) is 1.00. The van der Waals surface area contributed by atoms with E-state index in [2.05, 4.69) is 13.8 Å². The zero-order valence-corrected chi connectivity index (χ0v) is 16.5. The maximum Gasteiger partial charge on any atom is 0.0569 e. The summed E-state index contributed by atoms with van der Waals surface area (Å²) in [6.07, 6.45) is 23.8. The molecule has 0 aromatic rings. The summed E-state index contributed by atoms with van der Waals surface area (Å²) in [5, 5.41) is 0. The Hall–Kier alpha value is 0.860. The lowest BCUT2D eigenvalue weighted by molar-refractivity contribution is 0.586. The van der Waals surface area contributed by atoms with Gasteiger partial charge in [0, 0.05) is 16.5 Å². The molecular weight excluding hydrogens is 278 g/mol. The van der Waals surface area contributed by atoms with Gasteiger partial charge in [0.15, 0.2) is 0 Å². The van der Waals surface area contributed by atoms with E-state index in [1.54, 1.807) is 12.3 Å². The minimum absolute atomic E-state index is 0.817. The van der Waals surface area contributed by atoms with E-state index in [0.29, 0.717) is 0 Å². The first kappa shape index (κ1) is 20.9. The molecule has 2 heteroatoms. The van der Waals surface area contributed by atoms with Crippen molar-refractivity contribution in [2.24, 2.45) is 0 Å². The predicted octanol–water partition coefficient (Wildman–Crippen LogP) is 7.49. The van der Waals surface area contributed by atoms with Gasteiger partial charge in [0.1, 0.15) is 0 Å². The van der Waals surface area contributed by atoms with Gasteiger partial charge in [0.2, 0.25) is 0 Å². The van der Waals surface area contributed by atoms with Crippen molar-refractivity contribution in [1.82, 2.24) is 0 Å². The van der Waals surface area contributed by atoms with E-state index in [1.165, 1.54) is 98.2 Å².